The van der Waals surface area contributed by atoms with Crippen molar-refractivity contribution < 1.29 is 4.39 Å². The summed E-state index contributed by atoms with van der Waals surface area (Å²) in [6.07, 6.45) is 1.54. The standard InChI is InChI=1S/C13H14FNO.K/c1-13(2,3)9-6-8-4-5-15-12(16)11(8)10(14)7-9;/h4-7H,1-3H3,(H,15,16);. The Labute approximate surface area is 142 Å². The fourth-order valence-corrected chi connectivity index (χ4v) is 1.71. The number of pyridine rings is 1. The number of aromatic nitrogens is 1. The molecular weight excluding hydrogens is 244 g/mol. The van der Waals surface area contributed by atoms with E-state index in [1.807, 2.05) is 26.8 Å². The molecule has 2 rings (SSSR count). The van der Waals surface area contributed by atoms with Gasteiger partial charge in [-0.25, -0.2) is 4.39 Å². The first-order chi connectivity index (χ1) is 7.39. The van der Waals surface area contributed by atoms with Gasteiger partial charge in [0.2, 0.25) is 0 Å². The van der Waals surface area contributed by atoms with Crippen LogP contribution >= 0.6 is 0 Å². The van der Waals surface area contributed by atoms with Crippen molar-refractivity contribution in [2.24, 2.45) is 0 Å². The van der Waals surface area contributed by atoms with Crippen LogP contribution in [0, 0.1) is 5.82 Å². The molecule has 1 N–H and O–H groups in total. The molecule has 0 saturated carbocycles. The number of hydrogen-bond acceptors (Lipinski definition) is 1. The van der Waals surface area contributed by atoms with Crippen LogP contribution in [0.15, 0.2) is 29.2 Å². The van der Waals surface area contributed by atoms with E-state index in [1.54, 1.807) is 6.07 Å². The zero-order chi connectivity index (χ0) is 11.9. The molecule has 0 aliphatic heterocycles. The minimum Gasteiger partial charge on any atom is -0.328 e. The Kier molecular flexibility index (Phi) is 4.71. The third-order valence-corrected chi connectivity index (χ3v) is 2.69. The van der Waals surface area contributed by atoms with E-state index in [0.717, 1.165) is 5.56 Å². The Hall–Kier alpha value is -0.00364. The van der Waals surface area contributed by atoms with Crippen LogP contribution in [0.4, 0.5) is 4.39 Å². The van der Waals surface area contributed by atoms with Gasteiger partial charge in [0.1, 0.15) is 5.82 Å². The van der Waals surface area contributed by atoms with Crippen LogP contribution in [-0.2, 0) is 5.41 Å². The maximum absolute atomic E-state index is 13.8. The Morgan fingerprint density at radius 1 is 1.24 bits per heavy atom. The van der Waals surface area contributed by atoms with Gasteiger partial charge in [-0.1, -0.05) is 26.8 Å². The Morgan fingerprint density at radius 3 is 2.47 bits per heavy atom. The van der Waals surface area contributed by atoms with Gasteiger partial charge in [-0.2, -0.15) is 0 Å². The van der Waals surface area contributed by atoms with Crippen molar-refractivity contribution in [3.05, 3.63) is 46.1 Å². The van der Waals surface area contributed by atoms with Crippen LogP contribution in [0.5, 0.6) is 0 Å². The molecule has 0 aliphatic rings. The van der Waals surface area contributed by atoms with Gasteiger partial charge in [0.25, 0.3) is 5.56 Å². The first-order valence-electron chi connectivity index (χ1n) is 5.21. The Balaban J connectivity index is 0.00000144. The monoisotopic (exact) mass is 258 g/mol. The second-order valence-corrected chi connectivity index (χ2v) is 4.98. The second-order valence-electron chi connectivity index (χ2n) is 4.98. The molecule has 0 unspecified atom stereocenters. The largest absolute Gasteiger partial charge is 0.328 e. The van der Waals surface area contributed by atoms with Crippen LogP contribution < -0.4 is 5.56 Å². The van der Waals surface area contributed by atoms with E-state index >= 15 is 0 Å². The number of fused-ring (bicyclic) bond motifs is 1. The van der Waals surface area contributed by atoms with Gasteiger partial charge in [-0.3, -0.25) is 4.79 Å². The van der Waals surface area contributed by atoms with Crippen LogP contribution in [0.1, 0.15) is 26.3 Å². The first-order valence-corrected chi connectivity index (χ1v) is 5.21. The molecule has 0 spiro atoms. The third-order valence-electron chi connectivity index (χ3n) is 2.69. The summed E-state index contributed by atoms with van der Waals surface area (Å²) in [4.78, 5) is 13.9. The van der Waals surface area contributed by atoms with Crippen molar-refractivity contribution in [3.63, 3.8) is 0 Å². The van der Waals surface area contributed by atoms with Crippen LogP contribution in [0.3, 0.4) is 0 Å². The van der Waals surface area contributed by atoms with Crippen LogP contribution in [0.25, 0.3) is 10.8 Å². The molecule has 2 aromatic rings. The maximum Gasteiger partial charge on any atom is 0.258 e. The zero-order valence-corrected chi connectivity index (χ0v) is 13.7. The van der Waals surface area contributed by atoms with E-state index in [2.05, 4.69) is 4.98 Å². The number of hydrogen-bond donors (Lipinski definition) is 1. The SMILES string of the molecule is CC(C)(C)c1cc(F)c2c(=O)[nH]ccc2c1.[K]. The number of halogens is 1. The summed E-state index contributed by atoms with van der Waals surface area (Å²) in [5.41, 5.74) is 0.385. The molecule has 0 saturated heterocycles. The number of aromatic amines is 1. The van der Waals surface area contributed by atoms with Gasteiger partial charge in [-0.05, 0) is 28.5 Å². The minimum atomic E-state index is -0.454. The molecule has 1 heterocycles. The summed E-state index contributed by atoms with van der Waals surface area (Å²) in [6.45, 7) is 6.04. The fraction of sp³-hybridized carbons (Fsp3) is 0.308. The number of H-pyrrole nitrogens is 1. The van der Waals surface area contributed by atoms with Crippen molar-refractivity contribution in [1.82, 2.24) is 4.98 Å². The number of benzene rings is 1. The molecule has 1 aromatic heterocycles. The van der Waals surface area contributed by atoms with E-state index < -0.39 is 5.82 Å². The van der Waals surface area contributed by atoms with Crippen LogP contribution in [-0.4, -0.2) is 56.4 Å². The zero-order valence-electron chi connectivity index (χ0n) is 10.6. The molecule has 1 radical (unpaired) electrons. The summed E-state index contributed by atoms with van der Waals surface area (Å²) >= 11 is 0. The van der Waals surface area contributed by atoms with Crippen molar-refractivity contribution >= 4 is 62.2 Å². The van der Waals surface area contributed by atoms with Crippen molar-refractivity contribution in [3.8, 4) is 0 Å². The Morgan fingerprint density at radius 2 is 1.88 bits per heavy atom. The third kappa shape index (κ3) is 3.06. The fourth-order valence-electron chi connectivity index (χ4n) is 1.71. The maximum atomic E-state index is 13.8. The molecule has 0 amide bonds. The average molecular weight is 258 g/mol. The minimum absolute atomic E-state index is 0. The summed E-state index contributed by atoms with van der Waals surface area (Å²) in [7, 11) is 0. The van der Waals surface area contributed by atoms with Gasteiger partial charge in [0.05, 0.1) is 5.39 Å². The average Bonchev–Trinajstić information content (AvgIpc) is 2.15. The molecule has 0 fully saturated rings. The van der Waals surface area contributed by atoms with Crippen molar-refractivity contribution in [1.29, 1.82) is 0 Å². The molecule has 85 valence electrons. The summed E-state index contributed by atoms with van der Waals surface area (Å²) in [6, 6.07) is 5.03. The predicted molar refractivity (Wildman–Crippen MR) is 69.0 cm³/mol. The van der Waals surface area contributed by atoms with E-state index in [4.69, 9.17) is 0 Å². The molecule has 0 bridgehead atoms. The molecule has 4 heteroatoms. The van der Waals surface area contributed by atoms with E-state index in [9.17, 15) is 9.18 Å². The van der Waals surface area contributed by atoms with Gasteiger partial charge < -0.3 is 4.98 Å². The number of nitrogens with one attached hydrogen (secondary N) is 1. The van der Waals surface area contributed by atoms with E-state index in [-0.39, 0.29) is 67.7 Å². The number of rotatable bonds is 0. The molecular formula is C13H14FKNO. The van der Waals surface area contributed by atoms with Crippen molar-refractivity contribution in [2.45, 2.75) is 26.2 Å². The molecule has 2 nitrogen and oxygen atoms in total. The van der Waals surface area contributed by atoms with E-state index in [1.165, 1.54) is 12.3 Å². The van der Waals surface area contributed by atoms with Gasteiger partial charge in [0, 0.05) is 57.6 Å². The van der Waals surface area contributed by atoms with Gasteiger partial charge >= 0.3 is 0 Å². The smallest absolute Gasteiger partial charge is 0.258 e. The van der Waals surface area contributed by atoms with Gasteiger partial charge in [0.15, 0.2) is 0 Å². The second kappa shape index (κ2) is 5.32. The topological polar surface area (TPSA) is 32.9 Å². The van der Waals surface area contributed by atoms with Crippen LogP contribution in [0.2, 0.25) is 0 Å². The Bertz CT molecular complexity index is 598. The first kappa shape index (κ1) is 15.1. The van der Waals surface area contributed by atoms with E-state index in [0.29, 0.717) is 5.39 Å². The normalized spacial score (nSPS) is 11.3. The van der Waals surface area contributed by atoms with Crippen molar-refractivity contribution in [2.75, 3.05) is 0 Å². The summed E-state index contributed by atoms with van der Waals surface area (Å²) < 4.78 is 13.8. The summed E-state index contributed by atoms with van der Waals surface area (Å²) in [5.74, 6) is -0.454. The molecule has 0 aliphatic carbocycles. The summed E-state index contributed by atoms with van der Waals surface area (Å²) in [5, 5.41) is 0.782. The predicted octanol–water partition coefficient (Wildman–Crippen LogP) is 2.58. The molecule has 1 aromatic carbocycles. The quantitative estimate of drug-likeness (QED) is 0.724. The molecule has 0 atom stereocenters. The molecule has 17 heavy (non-hydrogen) atoms. The van der Waals surface area contributed by atoms with Gasteiger partial charge in [-0.15, -0.1) is 0 Å².